The van der Waals surface area contributed by atoms with Crippen molar-refractivity contribution in [1.82, 2.24) is 19.8 Å². The number of hydrogen-bond donors (Lipinski definition) is 1. The summed E-state index contributed by atoms with van der Waals surface area (Å²) in [7, 11) is 1.76. The molecular formula is C20H24N4O2. The molecule has 0 aliphatic heterocycles. The van der Waals surface area contributed by atoms with Crippen LogP contribution in [0.1, 0.15) is 30.1 Å². The van der Waals surface area contributed by atoms with E-state index in [0.717, 1.165) is 18.1 Å². The number of imidazole rings is 1. The maximum absolute atomic E-state index is 12.3. The molecule has 3 rings (SSSR count). The van der Waals surface area contributed by atoms with Crippen molar-refractivity contribution in [1.29, 1.82) is 0 Å². The molecule has 1 atom stereocenters. The second-order valence-electron chi connectivity index (χ2n) is 6.24. The van der Waals surface area contributed by atoms with Crippen molar-refractivity contribution < 1.29 is 9.21 Å². The van der Waals surface area contributed by atoms with Gasteiger partial charge in [0.25, 0.3) is 0 Å². The molecule has 6 nitrogen and oxygen atoms in total. The molecule has 26 heavy (non-hydrogen) atoms. The molecule has 2 amide bonds. The lowest BCUT2D eigenvalue weighted by molar-refractivity contribution is 0.187. The third-order valence-electron chi connectivity index (χ3n) is 4.48. The SMILES string of the molecule is CC(c1ccco1)N(C)C(=O)NCCc1nccn1Cc1ccccc1. The summed E-state index contributed by atoms with van der Waals surface area (Å²) < 4.78 is 7.48. The zero-order chi connectivity index (χ0) is 18.4. The second kappa shape index (κ2) is 8.38. The standard InChI is InChI=1S/C20H24N4O2/c1-16(18-9-6-14-26-18)23(2)20(25)22-11-10-19-21-12-13-24(19)15-17-7-4-3-5-8-17/h3-9,12-14,16H,10-11,15H2,1-2H3,(H,22,25). The highest BCUT2D eigenvalue weighted by Crippen LogP contribution is 2.18. The first-order valence-electron chi connectivity index (χ1n) is 8.73. The summed E-state index contributed by atoms with van der Waals surface area (Å²) in [6, 6.07) is 13.7. The predicted molar refractivity (Wildman–Crippen MR) is 99.8 cm³/mol. The summed E-state index contributed by atoms with van der Waals surface area (Å²) in [5.74, 6) is 1.72. The van der Waals surface area contributed by atoms with Gasteiger partial charge in [0, 0.05) is 39.0 Å². The molecule has 0 aliphatic carbocycles. The fourth-order valence-corrected chi connectivity index (χ4v) is 2.79. The number of hydrogen-bond acceptors (Lipinski definition) is 3. The van der Waals surface area contributed by atoms with Crippen LogP contribution >= 0.6 is 0 Å². The lowest BCUT2D eigenvalue weighted by Crippen LogP contribution is -2.39. The summed E-state index contributed by atoms with van der Waals surface area (Å²) in [6.07, 6.45) is 6.05. The van der Waals surface area contributed by atoms with Crippen LogP contribution in [0.4, 0.5) is 4.79 Å². The van der Waals surface area contributed by atoms with Gasteiger partial charge < -0.3 is 19.2 Å². The zero-order valence-corrected chi connectivity index (χ0v) is 15.1. The molecule has 0 aliphatic rings. The molecule has 2 heterocycles. The quantitative estimate of drug-likeness (QED) is 0.708. The van der Waals surface area contributed by atoms with Crippen molar-refractivity contribution in [2.75, 3.05) is 13.6 Å². The number of aromatic nitrogens is 2. The number of rotatable bonds is 7. The van der Waals surface area contributed by atoms with Gasteiger partial charge >= 0.3 is 6.03 Å². The van der Waals surface area contributed by atoms with E-state index in [-0.39, 0.29) is 12.1 Å². The summed E-state index contributed by atoms with van der Waals surface area (Å²) in [6.45, 7) is 3.24. The molecule has 0 fully saturated rings. The van der Waals surface area contributed by atoms with Crippen LogP contribution in [0, 0.1) is 0 Å². The molecule has 0 bridgehead atoms. The Morgan fingerprint density at radius 1 is 1.27 bits per heavy atom. The number of amides is 2. The third kappa shape index (κ3) is 4.33. The van der Waals surface area contributed by atoms with Gasteiger partial charge in [0.2, 0.25) is 0 Å². The Kier molecular flexibility index (Phi) is 5.73. The van der Waals surface area contributed by atoms with Crippen molar-refractivity contribution in [2.45, 2.75) is 25.9 Å². The van der Waals surface area contributed by atoms with Gasteiger partial charge in [-0.3, -0.25) is 0 Å². The number of carbonyl (C=O) groups is 1. The Balaban J connectivity index is 1.51. The van der Waals surface area contributed by atoms with Crippen LogP contribution < -0.4 is 5.32 Å². The van der Waals surface area contributed by atoms with Crippen molar-refractivity contribution >= 4 is 6.03 Å². The van der Waals surface area contributed by atoms with Crippen molar-refractivity contribution in [2.24, 2.45) is 0 Å². The Hall–Kier alpha value is -3.02. The van der Waals surface area contributed by atoms with Gasteiger partial charge in [-0.25, -0.2) is 9.78 Å². The van der Waals surface area contributed by atoms with E-state index in [4.69, 9.17) is 4.42 Å². The molecule has 1 aromatic carbocycles. The molecule has 3 aromatic rings. The maximum Gasteiger partial charge on any atom is 0.317 e. The Morgan fingerprint density at radius 3 is 2.81 bits per heavy atom. The summed E-state index contributed by atoms with van der Waals surface area (Å²) in [4.78, 5) is 18.4. The second-order valence-corrected chi connectivity index (χ2v) is 6.24. The number of carbonyl (C=O) groups excluding carboxylic acids is 1. The zero-order valence-electron chi connectivity index (χ0n) is 15.1. The molecule has 136 valence electrons. The van der Waals surface area contributed by atoms with Crippen LogP contribution in [0.25, 0.3) is 0 Å². The van der Waals surface area contributed by atoms with Crippen LogP contribution in [0.5, 0.6) is 0 Å². The highest BCUT2D eigenvalue weighted by Gasteiger charge is 2.19. The Labute approximate surface area is 153 Å². The minimum atomic E-state index is -0.130. The number of benzene rings is 1. The van der Waals surface area contributed by atoms with E-state index in [2.05, 4.69) is 27.0 Å². The van der Waals surface area contributed by atoms with Gasteiger partial charge in [-0.2, -0.15) is 0 Å². The van der Waals surface area contributed by atoms with Crippen LogP contribution in [0.15, 0.2) is 65.5 Å². The minimum absolute atomic E-state index is 0.120. The van der Waals surface area contributed by atoms with Gasteiger partial charge in [0.05, 0.1) is 12.3 Å². The summed E-state index contributed by atoms with van der Waals surface area (Å²) >= 11 is 0. The molecule has 1 N–H and O–H groups in total. The third-order valence-corrected chi connectivity index (χ3v) is 4.48. The smallest absolute Gasteiger partial charge is 0.317 e. The van der Waals surface area contributed by atoms with Crippen LogP contribution in [0.2, 0.25) is 0 Å². The summed E-state index contributed by atoms with van der Waals surface area (Å²) in [5.41, 5.74) is 1.22. The van der Waals surface area contributed by atoms with E-state index in [1.807, 2.05) is 43.5 Å². The van der Waals surface area contributed by atoms with Crippen LogP contribution in [0.3, 0.4) is 0 Å². The highest BCUT2D eigenvalue weighted by molar-refractivity contribution is 5.74. The maximum atomic E-state index is 12.3. The first-order valence-corrected chi connectivity index (χ1v) is 8.73. The number of nitrogens with one attached hydrogen (secondary N) is 1. The molecule has 1 unspecified atom stereocenters. The topological polar surface area (TPSA) is 63.3 Å². The first kappa shape index (κ1) is 17.8. The van der Waals surface area contributed by atoms with E-state index in [0.29, 0.717) is 13.0 Å². The average molecular weight is 352 g/mol. The lowest BCUT2D eigenvalue weighted by atomic mass is 10.2. The van der Waals surface area contributed by atoms with E-state index >= 15 is 0 Å². The van der Waals surface area contributed by atoms with Gasteiger partial charge in [-0.15, -0.1) is 0 Å². The fraction of sp³-hybridized carbons (Fsp3) is 0.300. The highest BCUT2D eigenvalue weighted by atomic mass is 16.3. The molecule has 2 aromatic heterocycles. The Bertz CT molecular complexity index is 811. The molecule has 0 spiro atoms. The lowest BCUT2D eigenvalue weighted by Gasteiger charge is -2.23. The first-order chi connectivity index (χ1) is 12.6. The van der Waals surface area contributed by atoms with E-state index in [1.165, 1.54) is 5.56 Å². The number of nitrogens with zero attached hydrogens (tertiary/aromatic N) is 3. The largest absolute Gasteiger partial charge is 0.467 e. The number of urea groups is 1. The minimum Gasteiger partial charge on any atom is -0.467 e. The van der Waals surface area contributed by atoms with Crippen LogP contribution in [-0.4, -0.2) is 34.1 Å². The van der Waals surface area contributed by atoms with Crippen molar-refractivity contribution in [3.63, 3.8) is 0 Å². The molecule has 0 saturated heterocycles. The average Bonchev–Trinajstić information content (AvgIpc) is 3.34. The van der Waals surface area contributed by atoms with E-state index < -0.39 is 0 Å². The molecule has 6 heteroatoms. The predicted octanol–water partition coefficient (Wildman–Crippen LogP) is 3.47. The van der Waals surface area contributed by atoms with Crippen molar-refractivity contribution in [3.05, 3.63) is 78.3 Å². The fourth-order valence-electron chi connectivity index (χ4n) is 2.79. The molecule has 0 saturated carbocycles. The summed E-state index contributed by atoms with van der Waals surface area (Å²) in [5, 5.41) is 2.95. The Morgan fingerprint density at radius 2 is 2.08 bits per heavy atom. The van der Waals surface area contributed by atoms with Crippen molar-refractivity contribution in [3.8, 4) is 0 Å². The molecular weight excluding hydrogens is 328 g/mol. The van der Waals surface area contributed by atoms with Gasteiger partial charge in [-0.1, -0.05) is 30.3 Å². The normalized spacial score (nSPS) is 11.9. The van der Waals surface area contributed by atoms with Crippen LogP contribution in [-0.2, 0) is 13.0 Å². The van der Waals surface area contributed by atoms with E-state index in [1.54, 1.807) is 24.4 Å². The molecule has 0 radical (unpaired) electrons. The van der Waals surface area contributed by atoms with Gasteiger partial charge in [0.1, 0.15) is 11.6 Å². The van der Waals surface area contributed by atoms with Gasteiger partial charge in [0.15, 0.2) is 0 Å². The van der Waals surface area contributed by atoms with E-state index in [9.17, 15) is 4.79 Å². The number of furan rings is 1. The monoisotopic (exact) mass is 352 g/mol. The van der Waals surface area contributed by atoms with Gasteiger partial charge in [-0.05, 0) is 24.6 Å².